The fourth-order valence-electron chi connectivity index (χ4n) is 2.33. The minimum atomic E-state index is -5.00. The van der Waals surface area contributed by atoms with Gasteiger partial charge in [-0.15, -0.1) is 11.8 Å². The molecule has 0 aromatic carbocycles. The van der Waals surface area contributed by atoms with Crippen molar-refractivity contribution in [3.8, 4) is 0 Å². The van der Waals surface area contributed by atoms with E-state index in [-0.39, 0.29) is 5.70 Å². The van der Waals surface area contributed by atoms with Crippen LogP contribution in [0.15, 0.2) is 11.3 Å². The van der Waals surface area contributed by atoms with Gasteiger partial charge in [0, 0.05) is 18.0 Å². The molecule has 1 saturated heterocycles. The first-order valence-corrected chi connectivity index (χ1v) is 7.09. The molecular formula is C11H14F3N3O3S. The summed E-state index contributed by atoms with van der Waals surface area (Å²) in [4.78, 5) is 23.8. The molecule has 0 aliphatic carbocycles. The number of hydrogen-bond acceptors (Lipinski definition) is 6. The predicted molar refractivity (Wildman–Crippen MR) is 69.0 cm³/mol. The molecule has 2 rings (SSSR count). The Bertz CT molecular complexity index is 503. The van der Waals surface area contributed by atoms with Gasteiger partial charge in [-0.1, -0.05) is 0 Å². The maximum Gasteiger partial charge on any atom is 0.420 e. The fourth-order valence-corrected chi connectivity index (χ4v) is 3.30. The number of thioether (sulfide) groups is 1. The average molecular weight is 325 g/mol. The summed E-state index contributed by atoms with van der Waals surface area (Å²) in [6.07, 6.45) is -5.00. The SMILES string of the molecule is COC(=O)C1=C(C)NC(=O)C1(NC1NCCS1)C(F)(F)F. The fraction of sp³-hybridized carbons (Fsp3) is 0.636. The minimum absolute atomic E-state index is 0.167. The van der Waals surface area contributed by atoms with Crippen LogP contribution in [0, 0.1) is 0 Å². The summed E-state index contributed by atoms with van der Waals surface area (Å²) in [5.41, 5.74) is -4.82. The molecule has 2 atom stereocenters. The predicted octanol–water partition coefficient (Wildman–Crippen LogP) is 0.0739. The highest BCUT2D eigenvalue weighted by atomic mass is 32.2. The van der Waals surface area contributed by atoms with E-state index in [1.54, 1.807) is 0 Å². The van der Waals surface area contributed by atoms with Crippen LogP contribution >= 0.6 is 11.8 Å². The number of nitrogens with one attached hydrogen (secondary N) is 3. The molecule has 1 fully saturated rings. The third-order valence-corrected chi connectivity index (χ3v) is 4.33. The maximum absolute atomic E-state index is 13.6. The van der Waals surface area contributed by atoms with Crippen LogP contribution in [0.5, 0.6) is 0 Å². The topological polar surface area (TPSA) is 79.5 Å². The zero-order chi connectivity index (χ0) is 15.8. The van der Waals surface area contributed by atoms with Crippen LogP contribution in [0.1, 0.15) is 6.92 Å². The summed E-state index contributed by atoms with van der Waals surface area (Å²) in [6, 6.07) is 0. The quantitative estimate of drug-likeness (QED) is 0.638. The Morgan fingerprint density at radius 2 is 2.19 bits per heavy atom. The van der Waals surface area contributed by atoms with Crippen LogP contribution in [-0.2, 0) is 14.3 Å². The molecule has 2 unspecified atom stereocenters. The van der Waals surface area contributed by atoms with E-state index in [0.717, 1.165) is 7.11 Å². The molecule has 3 N–H and O–H groups in total. The summed E-state index contributed by atoms with van der Waals surface area (Å²) < 4.78 is 45.3. The number of rotatable bonds is 3. The van der Waals surface area contributed by atoms with Crippen molar-refractivity contribution in [3.63, 3.8) is 0 Å². The second kappa shape index (κ2) is 5.50. The van der Waals surface area contributed by atoms with Crippen molar-refractivity contribution in [1.82, 2.24) is 16.0 Å². The number of hydrogen-bond donors (Lipinski definition) is 3. The van der Waals surface area contributed by atoms with Crippen molar-refractivity contribution in [3.05, 3.63) is 11.3 Å². The van der Waals surface area contributed by atoms with Gasteiger partial charge in [-0.05, 0) is 6.92 Å². The molecule has 21 heavy (non-hydrogen) atoms. The van der Waals surface area contributed by atoms with Crippen LogP contribution in [0.25, 0.3) is 0 Å². The van der Waals surface area contributed by atoms with E-state index >= 15 is 0 Å². The number of carbonyl (C=O) groups is 2. The van der Waals surface area contributed by atoms with E-state index in [2.05, 4.69) is 20.7 Å². The first-order valence-electron chi connectivity index (χ1n) is 6.04. The Kier molecular flexibility index (Phi) is 4.22. The van der Waals surface area contributed by atoms with E-state index in [4.69, 9.17) is 0 Å². The maximum atomic E-state index is 13.6. The average Bonchev–Trinajstić information content (AvgIpc) is 2.96. The molecule has 2 heterocycles. The molecule has 10 heteroatoms. The number of carbonyl (C=O) groups excluding carboxylic acids is 2. The third-order valence-electron chi connectivity index (χ3n) is 3.27. The van der Waals surface area contributed by atoms with E-state index in [1.165, 1.54) is 18.7 Å². The van der Waals surface area contributed by atoms with Crippen LogP contribution in [0.3, 0.4) is 0 Å². The van der Waals surface area contributed by atoms with E-state index in [1.807, 2.05) is 0 Å². The third kappa shape index (κ3) is 2.51. The van der Waals surface area contributed by atoms with Crippen molar-refractivity contribution in [2.75, 3.05) is 19.4 Å². The summed E-state index contributed by atoms with van der Waals surface area (Å²) in [5.74, 6) is -1.93. The minimum Gasteiger partial charge on any atom is -0.466 e. The van der Waals surface area contributed by atoms with Crippen molar-refractivity contribution in [1.29, 1.82) is 0 Å². The van der Waals surface area contributed by atoms with Gasteiger partial charge >= 0.3 is 12.1 Å². The molecule has 0 radical (unpaired) electrons. The molecule has 2 aliphatic heterocycles. The van der Waals surface area contributed by atoms with Crippen LogP contribution in [0.4, 0.5) is 13.2 Å². The van der Waals surface area contributed by atoms with Gasteiger partial charge in [0.2, 0.25) is 5.54 Å². The van der Waals surface area contributed by atoms with Gasteiger partial charge in [-0.3, -0.25) is 15.4 Å². The summed E-state index contributed by atoms with van der Waals surface area (Å²) >= 11 is 1.19. The number of ether oxygens (including phenoxy) is 1. The normalized spacial score (nSPS) is 29.8. The first kappa shape index (κ1) is 16.1. The van der Waals surface area contributed by atoms with Gasteiger partial charge in [0.1, 0.15) is 5.50 Å². The molecular weight excluding hydrogens is 311 g/mol. The standard InChI is InChI=1S/C11H14F3N3O3S/c1-5-6(7(18)20-2)10(8(19)16-5,11(12,13)14)17-9-15-3-4-21-9/h9,15,17H,3-4H2,1-2H3,(H,16,19). The van der Waals surface area contributed by atoms with Gasteiger partial charge in [0.25, 0.3) is 5.91 Å². The van der Waals surface area contributed by atoms with E-state index in [0.29, 0.717) is 12.3 Å². The second-order valence-corrected chi connectivity index (χ2v) is 5.76. The first-order chi connectivity index (χ1) is 9.74. The number of allylic oxidation sites excluding steroid dienone is 1. The number of methoxy groups -OCH3 is 1. The lowest BCUT2D eigenvalue weighted by Gasteiger charge is -2.34. The van der Waals surface area contributed by atoms with Gasteiger partial charge in [0.15, 0.2) is 0 Å². The summed E-state index contributed by atoms with van der Waals surface area (Å²) in [6.45, 7) is 1.74. The highest BCUT2D eigenvalue weighted by Gasteiger charge is 2.68. The van der Waals surface area contributed by atoms with Gasteiger partial charge in [-0.2, -0.15) is 13.2 Å². The van der Waals surface area contributed by atoms with Crippen LogP contribution in [-0.4, -0.2) is 48.5 Å². The molecule has 0 aromatic heterocycles. The van der Waals surface area contributed by atoms with Crippen LogP contribution in [0.2, 0.25) is 0 Å². The van der Waals surface area contributed by atoms with Crippen molar-refractivity contribution in [2.45, 2.75) is 24.1 Å². The Labute approximate surface area is 122 Å². The van der Waals surface area contributed by atoms with Crippen LogP contribution < -0.4 is 16.0 Å². The van der Waals surface area contributed by atoms with Gasteiger partial charge in [-0.25, -0.2) is 4.79 Å². The van der Waals surface area contributed by atoms with E-state index < -0.39 is 34.7 Å². The lowest BCUT2D eigenvalue weighted by atomic mass is 9.89. The lowest BCUT2D eigenvalue weighted by Crippen LogP contribution is -2.67. The number of alkyl halides is 3. The Morgan fingerprint density at radius 1 is 1.52 bits per heavy atom. The molecule has 0 spiro atoms. The van der Waals surface area contributed by atoms with Gasteiger partial charge < -0.3 is 10.1 Å². The molecule has 0 saturated carbocycles. The molecule has 118 valence electrons. The largest absolute Gasteiger partial charge is 0.466 e. The van der Waals surface area contributed by atoms with Crippen molar-refractivity contribution < 1.29 is 27.5 Å². The smallest absolute Gasteiger partial charge is 0.420 e. The molecule has 6 nitrogen and oxygen atoms in total. The Balaban J connectivity index is 2.51. The van der Waals surface area contributed by atoms with Crippen molar-refractivity contribution in [2.24, 2.45) is 0 Å². The zero-order valence-corrected chi connectivity index (χ0v) is 12.1. The Morgan fingerprint density at radius 3 is 2.67 bits per heavy atom. The summed E-state index contributed by atoms with van der Waals surface area (Å²) in [7, 11) is 0.967. The zero-order valence-electron chi connectivity index (χ0n) is 11.3. The molecule has 0 aromatic rings. The van der Waals surface area contributed by atoms with E-state index in [9.17, 15) is 22.8 Å². The highest BCUT2D eigenvalue weighted by Crippen LogP contribution is 2.42. The number of amides is 1. The number of esters is 1. The molecule has 1 amide bonds. The summed E-state index contributed by atoms with van der Waals surface area (Å²) in [5, 5.41) is 7.10. The highest BCUT2D eigenvalue weighted by molar-refractivity contribution is 8.00. The number of halogens is 3. The Hall–Kier alpha value is -1.26. The monoisotopic (exact) mass is 325 g/mol. The molecule has 2 aliphatic rings. The second-order valence-electron chi connectivity index (χ2n) is 4.54. The lowest BCUT2D eigenvalue weighted by molar-refractivity contribution is -0.191. The van der Waals surface area contributed by atoms with Gasteiger partial charge in [0.05, 0.1) is 12.7 Å². The molecule has 0 bridgehead atoms. The van der Waals surface area contributed by atoms with Crippen molar-refractivity contribution >= 4 is 23.6 Å².